The Hall–Kier alpha value is -6.21. The van der Waals surface area contributed by atoms with E-state index in [1.165, 1.54) is 0 Å². The van der Waals surface area contributed by atoms with E-state index in [1.807, 2.05) is 134 Å². The van der Waals surface area contributed by atoms with Crippen LogP contribution < -0.4 is 29.6 Å². The number of rotatable bonds is 14. The van der Waals surface area contributed by atoms with Gasteiger partial charge in [0, 0.05) is 23.2 Å². The van der Waals surface area contributed by atoms with Gasteiger partial charge in [-0.3, -0.25) is 4.79 Å². The maximum Gasteiger partial charge on any atom is 0.224 e. The number of ether oxygens (including phenoxy) is 4. The fraction of sp³-hybridized carbons (Fsp3) is 0.140. The Morgan fingerprint density at radius 1 is 0.500 bits per heavy atom. The van der Waals surface area contributed by atoms with E-state index < -0.39 is 0 Å². The lowest BCUT2D eigenvalue weighted by Gasteiger charge is -2.26. The lowest BCUT2D eigenvalue weighted by Crippen LogP contribution is -2.18. The van der Waals surface area contributed by atoms with Gasteiger partial charge in [0.15, 0.2) is 6.73 Å². The van der Waals surface area contributed by atoms with Crippen LogP contribution >= 0.6 is 0 Å². The number of para-hydroxylation sites is 1. The molecule has 0 fully saturated rings. The smallest absolute Gasteiger partial charge is 0.224 e. The summed E-state index contributed by atoms with van der Waals surface area (Å²) < 4.78 is 23.9. The fourth-order valence-electron chi connectivity index (χ4n) is 5.25. The maximum atomic E-state index is 11.6. The molecule has 6 aromatic carbocycles. The largest absolute Gasteiger partial charge is 0.473 e. The van der Waals surface area contributed by atoms with Crippen molar-refractivity contribution in [2.24, 2.45) is 0 Å². The summed E-state index contributed by atoms with van der Waals surface area (Å²) in [6, 6.07) is 48.7. The third kappa shape index (κ3) is 9.02. The normalized spacial score (nSPS) is 10.9. The summed E-state index contributed by atoms with van der Waals surface area (Å²) in [5.41, 5.74) is 3.77. The van der Waals surface area contributed by atoms with Gasteiger partial charge in [-0.15, -0.1) is 0 Å². The Balaban J connectivity index is 0.970. The van der Waals surface area contributed by atoms with Crippen molar-refractivity contribution in [3.63, 3.8) is 0 Å². The van der Waals surface area contributed by atoms with Crippen LogP contribution in [0.5, 0.6) is 40.2 Å². The zero-order valence-electron chi connectivity index (χ0n) is 28.4. The van der Waals surface area contributed by atoms with Crippen LogP contribution in [-0.2, 0) is 10.2 Å². The molecule has 252 valence electrons. The number of amides is 1. The second kappa shape index (κ2) is 15.8. The van der Waals surface area contributed by atoms with E-state index in [-0.39, 0.29) is 11.3 Å². The summed E-state index contributed by atoms with van der Waals surface area (Å²) in [6.07, 6.45) is 0.438. The highest BCUT2D eigenvalue weighted by Crippen LogP contribution is 2.35. The molecule has 0 heterocycles. The van der Waals surface area contributed by atoms with Gasteiger partial charge in [-0.05, 0) is 120 Å². The molecule has 7 heteroatoms. The predicted molar refractivity (Wildman–Crippen MR) is 199 cm³/mol. The minimum Gasteiger partial charge on any atom is -0.473 e. The second-order valence-corrected chi connectivity index (χ2v) is 12.2. The lowest BCUT2D eigenvalue weighted by atomic mass is 9.78. The standard InChI is InChI=1S/C43H40N2O5/c1-4-42(46)45-34-16-24-40(25-17-34)49-37-18-10-31(11-19-37)43(2,3)32-12-20-38(21-13-32)50-41-28-26-35(27-29-41)47-30-44-33-14-22-39(23-15-33)48-36-8-6-5-7-9-36/h5-29,44H,4,30H2,1-3H3,(H,45,46). The molecule has 0 spiro atoms. The molecule has 0 aliphatic rings. The summed E-state index contributed by atoms with van der Waals surface area (Å²) in [5, 5.41) is 6.11. The minimum atomic E-state index is -0.235. The lowest BCUT2D eigenvalue weighted by molar-refractivity contribution is -0.115. The number of hydrogen-bond donors (Lipinski definition) is 2. The highest BCUT2D eigenvalue weighted by molar-refractivity contribution is 5.90. The highest BCUT2D eigenvalue weighted by atomic mass is 16.5. The topological polar surface area (TPSA) is 78.1 Å². The van der Waals surface area contributed by atoms with Gasteiger partial charge in [0.1, 0.15) is 40.2 Å². The van der Waals surface area contributed by atoms with Crippen molar-refractivity contribution in [2.45, 2.75) is 32.6 Å². The van der Waals surface area contributed by atoms with Gasteiger partial charge in [-0.25, -0.2) is 0 Å². The average Bonchev–Trinajstić information content (AvgIpc) is 3.15. The molecule has 0 saturated heterocycles. The Bertz CT molecular complexity index is 1960. The molecule has 1 amide bonds. The molecule has 50 heavy (non-hydrogen) atoms. The van der Waals surface area contributed by atoms with E-state index in [1.54, 1.807) is 0 Å². The van der Waals surface area contributed by atoms with Crippen LogP contribution in [0.2, 0.25) is 0 Å². The molecule has 0 aliphatic heterocycles. The molecular weight excluding hydrogens is 624 g/mol. The van der Waals surface area contributed by atoms with Crippen LogP contribution in [0.3, 0.4) is 0 Å². The molecule has 6 rings (SSSR count). The van der Waals surface area contributed by atoms with Crippen molar-refractivity contribution in [3.05, 3.63) is 163 Å². The van der Waals surface area contributed by atoms with Crippen molar-refractivity contribution in [2.75, 3.05) is 17.4 Å². The van der Waals surface area contributed by atoms with Crippen molar-refractivity contribution in [1.29, 1.82) is 0 Å². The Kier molecular flexibility index (Phi) is 10.6. The number of benzene rings is 6. The van der Waals surface area contributed by atoms with Gasteiger partial charge in [0.2, 0.25) is 5.91 Å². The van der Waals surface area contributed by atoms with Gasteiger partial charge >= 0.3 is 0 Å². The van der Waals surface area contributed by atoms with E-state index in [2.05, 4.69) is 48.7 Å². The van der Waals surface area contributed by atoms with Crippen LogP contribution in [0.1, 0.15) is 38.3 Å². The van der Waals surface area contributed by atoms with E-state index in [0.29, 0.717) is 18.9 Å². The van der Waals surface area contributed by atoms with E-state index in [0.717, 1.165) is 57.0 Å². The van der Waals surface area contributed by atoms with Crippen LogP contribution in [-0.4, -0.2) is 12.6 Å². The summed E-state index contributed by atoms with van der Waals surface area (Å²) in [7, 11) is 0. The van der Waals surface area contributed by atoms with Gasteiger partial charge < -0.3 is 29.6 Å². The van der Waals surface area contributed by atoms with Crippen molar-refractivity contribution in [3.8, 4) is 40.2 Å². The molecule has 0 unspecified atom stereocenters. The van der Waals surface area contributed by atoms with Crippen molar-refractivity contribution >= 4 is 17.3 Å². The zero-order chi connectivity index (χ0) is 34.8. The second-order valence-electron chi connectivity index (χ2n) is 12.2. The molecule has 6 aromatic rings. The summed E-state index contributed by atoms with van der Waals surface area (Å²) in [6.45, 7) is 6.54. The Morgan fingerprint density at radius 3 is 1.34 bits per heavy atom. The number of nitrogens with one attached hydrogen (secondary N) is 2. The summed E-state index contributed by atoms with van der Waals surface area (Å²) in [4.78, 5) is 11.6. The van der Waals surface area contributed by atoms with Gasteiger partial charge in [0.05, 0.1) is 0 Å². The van der Waals surface area contributed by atoms with Gasteiger partial charge in [0.25, 0.3) is 0 Å². The highest BCUT2D eigenvalue weighted by Gasteiger charge is 2.23. The molecule has 0 radical (unpaired) electrons. The number of hydrogen-bond acceptors (Lipinski definition) is 6. The monoisotopic (exact) mass is 664 g/mol. The fourth-order valence-corrected chi connectivity index (χ4v) is 5.25. The van der Waals surface area contributed by atoms with E-state index in [4.69, 9.17) is 18.9 Å². The van der Waals surface area contributed by atoms with Crippen LogP contribution in [0.15, 0.2) is 152 Å². The molecule has 0 saturated carbocycles. The third-order valence-electron chi connectivity index (χ3n) is 8.25. The number of anilines is 2. The summed E-state index contributed by atoms with van der Waals surface area (Å²) >= 11 is 0. The number of carbonyl (C=O) groups is 1. The maximum absolute atomic E-state index is 11.6. The first-order valence-electron chi connectivity index (χ1n) is 16.6. The van der Waals surface area contributed by atoms with Crippen LogP contribution in [0.4, 0.5) is 11.4 Å². The number of carbonyl (C=O) groups excluding carboxylic acids is 1. The van der Waals surface area contributed by atoms with Gasteiger partial charge in [-0.1, -0.05) is 63.2 Å². The van der Waals surface area contributed by atoms with E-state index in [9.17, 15) is 4.79 Å². The van der Waals surface area contributed by atoms with Crippen molar-refractivity contribution < 1.29 is 23.7 Å². The van der Waals surface area contributed by atoms with Gasteiger partial charge in [-0.2, -0.15) is 0 Å². The molecular formula is C43H40N2O5. The van der Waals surface area contributed by atoms with Crippen molar-refractivity contribution in [1.82, 2.24) is 0 Å². The Labute approximate surface area is 293 Å². The quantitative estimate of drug-likeness (QED) is 0.113. The molecule has 2 N–H and O–H groups in total. The first kappa shape index (κ1) is 33.7. The van der Waals surface area contributed by atoms with Crippen LogP contribution in [0.25, 0.3) is 0 Å². The molecule has 0 bridgehead atoms. The Morgan fingerprint density at radius 2 is 0.880 bits per heavy atom. The van der Waals surface area contributed by atoms with Crippen LogP contribution in [0, 0.1) is 0 Å². The molecule has 0 aliphatic carbocycles. The molecule has 7 nitrogen and oxygen atoms in total. The third-order valence-corrected chi connectivity index (χ3v) is 8.25. The minimum absolute atomic E-state index is 0.0189. The molecule has 0 atom stereocenters. The first-order valence-corrected chi connectivity index (χ1v) is 16.6. The SMILES string of the molecule is CCC(=O)Nc1ccc(Oc2ccc(C(C)(C)c3ccc(Oc4ccc(OCNc5ccc(Oc6ccccc6)cc5)cc4)cc3)cc2)cc1. The predicted octanol–water partition coefficient (Wildman–Crippen LogP) is 11.2. The summed E-state index contributed by atoms with van der Waals surface area (Å²) in [5.74, 6) is 5.21. The van der Waals surface area contributed by atoms with E-state index >= 15 is 0 Å². The zero-order valence-corrected chi connectivity index (χ0v) is 28.4. The molecule has 0 aromatic heterocycles. The first-order chi connectivity index (χ1) is 24.3. The average molecular weight is 665 g/mol.